The molecule has 1 aliphatic rings. The molecule has 1 aliphatic heterocycles. The Labute approximate surface area is 139 Å². The Morgan fingerprint density at radius 3 is 2.96 bits per heavy atom. The van der Waals surface area contributed by atoms with Gasteiger partial charge in [-0.05, 0) is 18.3 Å². The minimum atomic E-state index is -0.0938. The fraction of sp³-hybridized carbons (Fsp3) is 0.533. The first kappa shape index (κ1) is 15.9. The summed E-state index contributed by atoms with van der Waals surface area (Å²) in [5.41, 5.74) is 1.57. The van der Waals surface area contributed by atoms with E-state index in [1.807, 2.05) is 10.3 Å². The smallest absolute Gasteiger partial charge is 0.321 e. The minimum absolute atomic E-state index is 0.0938. The van der Waals surface area contributed by atoms with E-state index in [9.17, 15) is 4.79 Å². The molecule has 2 amide bonds. The molecule has 124 valence electrons. The molecule has 1 fully saturated rings. The molecule has 0 saturated carbocycles. The number of nitrogens with one attached hydrogen (secondary N) is 2. The van der Waals surface area contributed by atoms with Crippen LogP contribution >= 0.6 is 11.3 Å². The zero-order valence-corrected chi connectivity index (χ0v) is 14.2. The third-order valence-corrected chi connectivity index (χ3v) is 5.07. The van der Waals surface area contributed by atoms with E-state index in [1.54, 1.807) is 19.5 Å². The average Bonchev–Trinajstić information content (AvgIpc) is 3.18. The van der Waals surface area contributed by atoms with Crippen LogP contribution in [0.1, 0.15) is 19.8 Å². The second kappa shape index (κ2) is 6.67. The van der Waals surface area contributed by atoms with Crippen molar-refractivity contribution in [2.24, 2.45) is 5.41 Å². The second-order valence-electron chi connectivity index (χ2n) is 6.16. The van der Waals surface area contributed by atoms with Gasteiger partial charge in [0.2, 0.25) is 0 Å². The Kier molecular flexibility index (Phi) is 4.63. The first-order valence-corrected chi connectivity index (χ1v) is 8.47. The largest absolute Gasteiger partial charge is 0.384 e. The number of ether oxygens (including phenoxy) is 1. The van der Waals surface area contributed by atoms with Gasteiger partial charge in [-0.2, -0.15) is 5.10 Å². The number of methoxy groups -OCH3 is 1. The molecule has 2 aromatic rings. The van der Waals surface area contributed by atoms with E-state index < -0.39 is 0 Å². The monoisotopic (exact) mass is 335 g/mol. The lowest BCUT2D eigenvalue weighted by Gasteiger charge is -2.38. The molecular formula is C15H21N5O2S. The Morgan fingerprint density at radius 1 is 1.52 bits per heavy atom. The highest BCUT2D eigenvalue weighted by Crippen LogP contribution is 2.32. The van der Waals surface area contributed by atoms with E-state index in [0.29, 0.717) is 5.69 Å². The molecule has 8 heteroatoms. The van der Waals surface area contributed by atoms with Gasteiger partial charge in [0.1, 0.15) is 10.7 Å². The van der Waals surface area contributed by atoms with Crippen LogP contribution in [0.2, 0.25) is 0 Å². The number of H-pyrrole nitrogens is 1. The molecule has 0 unspecified atom stereocenters. The van der Waals surface area contributed by atoms with Crippen molar-refractivity contribution in [1.29, 1.82) is 0 Å². The molecule has 1 saturated heterocycles. The van der Waals surface area contributed by atoms with Gasteiger partial charge < -0.3 is 15.0 Å². The first-order chi connectivity index (χ1) is 11.1. The predicted molar refractivity (Wildman–Crippen MR) is 89.5 cm³/mol. The van der Waals surface area contributed by atoms with Crippen molar-refractivity contribution in [2.45, 2.75) is 19.8 Å². The summed E-state index contributed by atoms with van der Waals surface area (Å²) < 4.78 is 5.29. The summed E-state index contributed by atoms with van der Waals surface area (Å²) in [5.74, 6) is 0. The van der Waals surface area contributed by atoms with Crippen LogP contribution in [0.4, 0.5) is 10.5 Å². The van der Waals surface area contributed by atoms with Gasteiger partial charge in [-0.3, -0.25) is 5.10 Å². The Hall–Kier alpha value is -1.93. The highest BCUT2D eigenvalue weighted by atomic mass is 32.1. The molecule has 3 rings (SSSR count). The Bertz CT molecular complexity index is 647. The SMILES string of the molecule is COCC1(C)CCN(C(=O)Nc2cn[nH]c2-c2nccs2)CC1. The number of aromatic amines is 1. The molecule has 2 aromatic heterocycles. The Morgan fingerprint density at radius 2 is 2.30 bits per heavy atom. The molecule has 0 aliphatic carbocycles. The molecule has 0 atom stereocenters. The molecule has 2 N–H and O–H groups in total. The summed E-state index contributed by atoms with van der Waals surface area (Å²) >= 11 is 1.50. The predicted octanol–water partition coefficient (Wildman–Crippen LogP) is 2.81. The van der Waals surface area contributed by atoms with E-state index in [2.05, 4.69) is 27.4 Å². The summed E-state index contributed by atoms with van der Waals surface area (Å²) in [4.78, 5) is 18.6. The summed E-state index contributed by atoms with van der Waals surface area (Å²) in [5, 5.41) is 12.5. The van der Waals surface area contributed by atoms with Crippen molar-refractivity contribution in [2.75, 3.05) is 32.1 Å². The lowest BCUT2D eigenvalue weighted by atomic mass is 9.81. The lowest BCUT2D eigenvalue weighted by molar-refractivity contribution is 0.0452. The molecule has 7 nitrogen and oxygen atoms in total. The maximum Gasteiger partial charge on any atom is 0.321 e. The van der Waals surface area contributed by atoms with E-state index in [1.165, 1.54) is 11.3 Å². The van der Waals surface area contributed by atoms with Crippen LogP contribution in [0.25, 0.3) is 10.7 Å². The Balaban J connectivity index is 1.62. The molecular weight excluding hydrogens is 314 g/mol. The van der Waals surface area contributed by atoms with Gasteiger partial charge in [0, 0.05) is 31.8 Å². The third kappa shape index (κ3) is 3.53. The van der Waals surface area contributed by atoms with Crippen molar-refractivity contribution < 1.29 is 9.53 Å². The molecule has 3 heterocycles. The molecule has 0 spiro atoms. The minimum Gasteiger partial charge on any atom is -0.384 e. The van der Waals surface area contributed by atoms with Gasteiger partial charge >= 0.3 is 6.03 Å². The zero-order valence-electron chi connectivity index (χ0n) is 13.3. The van der Waals surface area contributed by atoms with E-state index >= 15 is 0 Å². The van der Waals surface area contributed by atoms with Crippen LogP contribution in [0.15, 0.2) is 17.8 Å². The number of anilines is 1. The number of amides is 2. The van der Waals surface area contributed by atoms with Crippen LogP contribution in [0.3, 0.4) is 0 Å². The number of rotatable bonds is 4. The van der Waals surface area contributed by atoms with Gasteiger partial charge in [-0.15, -0.1) is 11.3 Å². The zero-order chi connectivity index (χ0) is 16.3. The number of piperidine rings is 1. The van der Waals surface area contributed by atoms with Crippen molar-refractivity contribution in [3.8, 4) is 10.7 Å². The lowest BCUT2D eigenvalue weighted by Crippen LogP contribution is -2.45. The summed E-state index contributed by atoms with van der Waals surface area (Å²) in [7, 11) is 1.73. The van der Waals surface area contributed by atoms with Gasteiger partial charge in [-0.25, -0.2) is 9.78 Å². The summed E-state index contributed by atoms with van der Waals surface area (Å²) in [6.07, 6.45) is 5.24. The molecule has 23 heavy (non-hydrogen) atoms. The number of carbonyl (C=O) groups is 1. The number of nitrogens with zero attached hydrogens (tertiary/aromatic N) is 3. The topological polar surface area (TPSA) is 83.1 Å². The van der Waals surface area contributed by atoms with Gasteiger partial charge in [0.25, 0.3) is 0 Å². The maximum atomic E-state index is 12.5. The van der Waals surface area contributed by atoms with E-state index in [-0.39, 0.29) is 11.4 Å². The first-order valence-electron chi connectivity index (χ1n) is 7.59. The van der Waals surface area contributed by atoms with Crippen molar-refractivity contribution >= 4 is 23.1 Å². The number of carbonyl (C=O) groups excluding carboxylic acids is 1. The van der Waals surface area contributed by atoms with Crippen molar-refractivity contribution in [3.63, 3.8) is 0 Å². The number of aromatic nitrogens is 3. The molecule has 0 bridgehead atoms. The van der Waals surface area contributed by atoms with E-state index in [4.69, 9.17) is 4.74 Å². The number of likely N-dealkylation sites (tertiary alicyclic amines) is 1. The average molecular weight is 335 g/mol. The van der Waals surface area contributed by atoms with Crippen LogP contribution in [-0.4, -0.2) is 52.9 Å². The molecule has 0 aromatic carbocycles. The second-order valence-corrected chi connectivity index (χ2v) is 7.05. The van der Waals surface area contributed by atoms with E-state index in [0.717, 1.165) is 43.2 Å². The van der Waals surface area contributed by atoms with Crippen molar-refractivity contribution in [1.82, 2.24) is 20.1 Å². The van der Waals surface area contributed by atoms with Crippen LogP contribution in [0.5, 0.6) is 0 Å². The highest BCUT2D eigenvalue weighted by molar-refractivity contribution is 7.13. The standard InChI is InChI=1S/C15H21N5O2S/c1-15(10-22-2)3-6-20(7-4-15)14(21)18-11-9-17-19-12(11)13-16-5-8-23-13/h5,8-9H,3-4,6-7,10H2,1-2H3,(H,17,19)(H,18,21). The number of thiazole rings is 1. The van der Waals surface area contributed by atoms with Crippen LogP contribution < -0.4 is 5.32 Å². The number of urea groups is 1. The fourth-order valence-electron chi connectivity index (χ4n) is 2.83. The normalized spacial score (nSPS) is 17.2. The fourth-order valence-corrected chi connectivity index (χ4v) is 3.47. The third-order valence-electron chi connectivity index (χ3n) is 4.28. The summed E-state index contributed by atoms with van der Waals surface area (Å²) in [6.45, 7) is 4.41. The van der Waals surface area contributed by atoms with Crippen LogP contribution in [-0.2, 0) is 4.74 Å². The number of hydrogen-bond donors (Lipinski definition) is 2. The van der Waals surface area contributed by atoms with Gasteiger partial charge in [0.05, 0.1) is 18.5 Å². The number of hydrogen-bond acceptors (Lipinski definition) is 5. The maximum absolute atomic E-state index is 12.5. The molecule has 0 radical (unpaired) electrons. The van der Waals surface area contributed by atoms with Gasteiger partial charge in [0.15, 0.2) is 0 Å². The highest BCUT2D eigenvalue weighted by Gasteiger charge is 2.32. The quantitative estimate of drug-likeness (QED) is 0.900. The van der Waals surface area contributed by atoms with Gasteiger partial charge in [-0.1, -0.05) is 6.92 Å². The van der Waals surface area contributed by atoms with Crippen LogP contribution in [0, 0.1) is 5.41 Å². The van der Waals surface area contributed by atoms with Crippen molar-refractivity contribution in [3.05, 3.63) is 17.8 Å². The summed E-state index contributed by atoms with van der Waals surface area (Å²) in [6, 6.07) is -0.0938.